The quantitative estimate of drug-likeness (QED) is 0.826. The highest BCUT2D eigenvalue weighted by atomic mass is 79.9. The molecule has 0 aliphatic rings. The number of anilines is 2. The predicted molar refractivity (Wildman–Crippen MR) is 78.6 cm³/mol. The molecule has 1 aromatic heterocycles. The lowest BCUT2D eigenvalue weighted by atomic mass is 10.2. The summed E-state index contributed by atoms with van der Waals surface area (Å²) in [6, 6.07) is 9.36. The number of rotatable bonds is 3. The predicted octanol–water partition coefficient (Wildman–Crippen LogP) is 4.76. The van der Waals surface area contributed by atoms with E-state index in [0.29, 0.717) is 5.02 Å². The first kappa shape index (κ1) is 13.3. The molecule has 1 heterocycles. The van der Waals surface area contributed by atoms with Crippen LogP contribution in [0.4, 0.5) is 11.5 Å². The van der Waals surface area contributed by atoms with Crippen LogP contribution in [0.5, 0.6) is 0 Å². The maximum Gasteiger partial charge on any atom is 0.135 e. The molecule has 0 unspecified atom stereocenters. The summed E-state index contributed by atoms with van der Waals surface area (Å²) in [6.07, 6.45) is 0. The van der Waals surface area contributed by atoms with E-state index < -0.39 is 0 Å². The number of hydrogen-bond donors (Lipinski definition) is 1. The number of aromatic nitrogens is 2. The van der Waals surface area contributed by atoms with Crippen molar-refractivity contribution >= 4 is 39.0 Å². The molecular weight excluding hydrogens is 314 g/mol. The Hall–Kier alpha value is -1.13. The average molecular weight is 327 g/mol. The Morgan fingerprint density at radius 1 is 1.22 bits per heavy atom. The van der Waals surface area contributed by atoms with Gasteiger partial charge in [-0.15, -0.1) is 0 Å². The van der Waals surface area contributed by atoms with Gasteiger partial charge in [0.1, 0.15) is 16.2 Å². The van der Waals surface area contributed by atoms with Crippen molar-refractivity contribution in [2.45, 2.75) is 19.8 Å². The number of nitrogens with zero attached hydrogens (tertiary/aromatic N) is 2. The molecule has 0 saturated carbocycles. The van der Waals surface area contributed by atoms with Crippen LogP contribution in [0.15, 0.2) is 34.9 Å². The molecule has 94 valence electrons. The highest BCUT2D eigenvalue weighted by molar-refractivity contribution is 9.10. The molecule has 0 fully saturated rings. The van der Waals surface area contributed by atoms with E-state index in [1.54, 1.807) is 0 Å². The lowest BCUT2D eigenvalue weighted by molar-refractivity contribution is 0.771. The highest BCUT2D eigenvalue weighted by Crippen LogP contribution is 2.22. The van der Waals surface area contributed by atoms with E-state index in [9.17, 15) is 0 Å². The van der Waals surface area contributed by atoms with Gasteiger partial charge in [0, 0.05) is 22.7 Å². The number of hydrogen-bond acceptors (Lipinski definition) is 3. The van der Waals surface area contributed by atoms with Gasteiger partial charge in [-0.2, -0.15) is 0 Å². The van der Waals surface area contributed by atoms with Crippen molar-refractivity contribution in [2.24, 2.45) is 0 Å². The molecule has 18 heavy (non-hydrogen) atoms. The number of benzene rings is 1. The second kappa shape index (κ2) is 5.67. The molecule has 0 bridgehead atoms. The third kappa shape index (κ3) is 3.43. The summed E-state index contributed by atoms with van der Waals surface area (Å²) >= 11 is 9.33. The highest BCUT2D eigenvalue weighted by Gasteiger charge is 2.07. The van der Waals surface area contributed by atoms with Gasteiger partial charge >= 0.3 is 0 Å². The lowest BCUT2D eigenvalue weighted by Crippen LogP contribution is -2.02. The first-order chi connectivity index (χ1) is 8.54. The molecule has 1 N–H and O–H groups in total. The molecule has 0 aliphatic heterocycles. The van der Waals surface area contributed by atoms with Crippen LogP contribution < -0.4 is 5.32 Å². The molecule has 0 amide bonds. The molecule has 0 saturated heterocycles. The van der Waals surface area contributed by atoms with Crippen molar-refractivity contribution in [1.82, 2.24) is 9.97 Å². The summed E-state index contributed by atoms with van der Waals surface area (Å²) in [7, 11) is 0. The van der Waals surface area contributed by atoms with Gasteiger partial charge in [0.15, 0.2) is 0 Å². The van der Waals surface area contributed by atoms with Crippen molar-refractivity contribution in [3.05, 3.63) is 45.8 Å². The van der Waals surface area contributed by atoms with E-state index in [2.05, 4.69) is 45.1 Å². The molecule has 1 aromatic carbocycles. The third-order valence-corrected chi connectivity index (χ3v) is 2.97. The topological polar surface area (TPSA) is 37.8 Å². The second-order valence-electron chi connectivity index (χ2n) is 4.22. The normalized spacial score (nSPS) is 10.7. The summed E-state index contributed by atoms with van der Waals surface area (Å²) in [5, 5.41) is 3.91. The van der Waals surface area contributed by atoms with Crippen molar-refractivity contribution in [1.29, 1.82) is 0 Å². The van der Waals surface area contributed by atoms with Gasteiger partial charge in [0.05, 0.1) is 0 Å². The van der Waals surface area contributed by atoms with E-state index in [4.69, 9.17) is 11.6 Å². The van der Waals surface area contributed by atoms with Gasteiger partial charge < -0.3 is 5.32 Å². The van der Waals surface area contributed by atoms with Crippen molar-refractivity contribution in [3.8, 4) is 0 Å². The fourth-order valence-corrected chi connectivity index (χ4v) is 2.06. The maximum absolute atomic E-state index is 5.94. The van der Waals surface area contributed by atoms with Gasteiger partial charge in [-0.25, -0.2) is 9.97 Å². The molecular formula is C13H13BrClN3. The molecule has 3 nitrogen and oxygen atoms in total. The van der Waals surface area contributed by atoms with E-state index in [-0.39, 0.29) is 5.92 Å². The van der Waals surface area contributed by atoms with Crippen LogP contribution in [0.2, 0.25) is 5.02 Å². The standard InChI is InChI=1S/C13H13BrClN3/c1-8(2)13-17-11(14)7-12(18-13)16-10-5-3-4-9(15)6-10/h3-8H,1-2H3,(H,16,17,18). The van der Waals surface area contributed by atoms with Gasteiger partial charge in [-0.1, -0.05) is 31.5 Å². The molecule has 2 aromatic rings. The fraction of sp³-hybridized carbons (Fsp3) is 0.231. The monoisotopic (exact) mass is 325 g/mol. The largest absolute Gasteiger partial charge is 0.340 e. The minimum atomic E-state index is 0.280. The number of halogens is 2. The van der Waals surface area contributed by atoms with Crippen molar-refractivity contribution in [2.75, 3.05) is 5.32 Å². The second-order valence-corrected chi connectivity index (χ2v) is 5.47. The summed E-state index contributed by atoms with van der Waals surface area (Å²) in [4.78, 5) is 8.79. The Balaban J connectivity index is 2.29. The van der Waals surface area contributed by atoms with Gasteiger partial charge in [0.25, 0.3) is 0 Å². The van der Waals surface area contributed by atoms with Crippen LogP contribution >= 0.6 is 27.5 Å². The Kier molecular flexibility index (Phi) is 4.19. The van der Waals surface area contributed by atoms with E-state index in [1.165, 1.54) is 0 Å². The molecule has 0 radical (unpaired) electrons. The Morgan fingerprint density at radius 2 is 2.00 bits per heavy atom. The van der Waals surface area contributed by atoms with E-state index in [1.807, 2.05) is 30.3 Å². The van der Waals surface area contributed by atoms with Gasteiger partial charge in [0.2, 0.25) is 0 Å². The van der Waals surface area contributed by atoms with E-state index in [0.717, 1.165) is 21.9 Å². The maximum atomic E-state index is 5.94. The Bertz CT molecular complexity index is 558. The molecule has 0 spiro atoms. The summed E-state index contributed by atoms with van der Waals surface area (Å²) in [5.41, 5.74) is 0.905. The minimum absolute atomic E-state index is 0.280. The molecule has 0 atom stereocenters. The smallest absolute Gasteiger partial charge is 0.135 e. The van der Waals surface area contributed by atoms with Crippen molar-refractivity contribution in [3.63, 3.8) is 0 Å². The Labute approximate surface area is 120 Å². The summed E-state index contributed by atoms with van der Waals surface area (Å²) < 4.78 is 0.769. The average Bonchev–Trinajstić information content (AvgIpc) is 2.28. The summed E-state index contributed by atoms with van der Waals surface area (Å²) in [5.74, 6) is 1.83. The van der Waals surface area contributed by atoms with Crippen LogP contribution in [-0.2, 0) is 0 Å². The van der Waals surface area contributed by atoms with Crippen molar-refractivity contribution < 1.29 is 0 Å². The zero-order valence-corrected chi connectivity index (χ0v) is 12.5. The van der Waals surface area contributed by atoms with Crippen LogP contribution in [0.3, 0.4) is 0 Å². The van der Waals surface area contributed by atoms with Crippen LogP contribution in [0, 0.1) is 0 Å². The first-order valence-electron chi connectivity index (χ1n) is 5.61. The lowest BCUT2D eigenvalue weighted by Gasteiger charge is -2.09. The Morgan fingerprint density at radius 3 is 2.67 bits per heavy atom. The first-order valence-corrected chi connectivity index (χ1v) is 6.79. The third-order valence-electron chi connectivity index (χ3n) is 2.33. The minimum Gasteiger partial charge on any atom is -0.340 e. The van der Waals surface area contributed by atoms with E-state index >= 15 is 0 Å². The SMILES string of the molecule is CC(C)c1nc(Br)cc(Nc2cccc(Cl)c2)n1. The molecule has 2 rings (SSSR count). The molecule has 5 heteroatoms. The molecule has 0 aliphatic carbocycles. The van der Waals surface area contributed by atoms with Gasteiger partial charge in [-0.05, 0) is 34.1 Å². The number of nitrogens with one attached hydrogen (secondary N) is 1. The van der Waals surface area contributed by atoms with Crippen LogP contribution in [0.1, 0.15) is 25.6 Å². The van der Waals surface area contributed by atoms with Crippen LogP contribution in [-0.4, -0.2) is 9.97 Å². The fourth-order valence-electron chi connectivity index (χ4n) is 1.47. The zero-order valence-electron chi connectivity index (χ0n) is 10.1. The van der Waals surface area contributed by atoms with Crippen LogP contribution in [0.25, 0.3) is 0 Å². The van der Waals surface area contributed by atoms with Gasteiger partial charge in [-0.3, -0.25) is 0 Å². The zero-order chi connectivity index (χ0) is 13.1. The summed E-state index contributed by atoms with van der Waals surface area (Å²) in [6.45, 7) is 4.12.